The van der Waals surface area contributed by atoms with Crippen molar-refractivity contribution in [2.75, 3.05) is 6.61 Å². The first-order chi connectivity index (χ1) is 14.6. The first kappa shape index (κ1) is 20.8. The summed E-state index contributed by atoms with van der Waals surface area (Å²) in [5.41, 5.74) is 0.948. The van der Waals surface area contributed by atoms with Crippen molar-refractivity contribution in [2.45, 2.75) is 39.0 Å². The van der Waals surface area contributed by atoms with Crippen molar-refractivity contribution in [3.63, 3.8) is 0 Å². The van der Waals surface area contributed by atoms with E-state index in [1.807, 2.05) is 49.4 Å². The molecule has 2 heterocycles. The monoisotopic (exact) mass is 437 g/mol. The molecular formula is C23H23N3O2S2. The Bertz CT molecular complexity index is 1140. The summed E-state index contributed by atoms with van der Waals surface area (Å²) in [7, 11) is 0. The van der Waals surface area contributed by atoms with Gasteiger partial charge >= 0.3 is 0 Å². The number of nitrogens with zero attached hydrogens (tertiary/aromatic N) is 2. The SMILES string of the molecule is CCCCOc1ccc(/C=C2\SC(=N)[C@@H](c3nnc(CC)s3)C2=O)c2ccccc12. The highest BCUT2D eigenvalue weighted by atomic mass is 32.2. The normalized spacial score (nSPS) is 17.9. The topological polar surface area (TPSA) is 75.9 Å². The first-order valence-electron chi connectivity index (χ1n) is 10.1. The number of ether oxygens (including phenoxy) is 1. The van der Waals surface area contributed by atoms with Crippen molar-refractivity contribution in [3.8, 4) is 5.75 Å². The fourth-order valence-corrected chi connectivity index (χ4v) is 5.30. The van der Waals surface area contributed by atoms with E-state index in [1.165, 1.54) is 23.1 Å². The Morgan fingerprint density at radius 2 is 1.93 bits per heavy atom. The number of fused-ring (bicyclic) bond motifs is 1. The van der Waals surface area contributed by atoms with E-state index in [9.17, 15) is 4.79 Å². The molecule has 0 bridgehead atoms. The number of carbonyl (C=O) groups is 1. The second kappa shape index (κ2) is 9.10. The van der Waals surface area contributed by atoms with Crippen LogP contribution >= 0.6 is 23.1 Å². The van der Waals surface area contributed by atoms with E-state index in [2.05, 4.69) is 17.1 Å². The molecular weight excluding hydrogens is 414 g/mol. The van der Waals surface area contributed by atoms with Gasteiger partial charge in [-0.1, -0.05) is 62.4 Å². The number of aromatic nitrogens is 2. The van der Waals surface area contributed by atoms with Crippen LogP contribution in [0.4, 0.5) is 0 Å². The summed E-state index contributed by atoms with van der Waals surface area (Å²) in [5.74, 6) is 0.163. The van der Waals surface area contributed by atoms with Crippen molar-refractivity contribution >= 4 is 50.8 Å². The molecule has 5 nitrogen and oxygen atoms in total. The lowest BCUT2D eigenvalue weighted by atomic mass is 10.0. The molecule has 0 radical (unpaired) electrons. The van der Waals surface area contributed by atoms with Crippen LogP contribution in [0, 0.1) is 5.41 Å². The number of unbranched alkanes of at least 4 members (excludes halogenated alkanes) is 1. The second-order valence-corrected chi connectivity index (χ2v) is 9.24. The molecule has 7 heteroatoms. The van der Waals surface area contributed by atoms with Gasteiger partial charge in [0.05, 0.1) is 16.6 Å². The predicted molar refractivity (Wildman–Crippen MR) is 125 cm³/mol. The quantitative estimate of drug-likeness (QED) is 0.371. The lowest BCUT2D eigenvalue weighted by Gasteiger charge is -2.11. The van der Waals surface area contributed by atoms with Gasteiger partial charge in [0.25, 0.3) is 0 Å². The fourth-order valence-electron chi connectivity index (χ4n) is 3.35. The smallest absolute Gasteiger partial charge is 0.186 e. The lowest BCUT2D eigenvalue weighted by molar-refractivity contribution is -0.114. The van der Waals surface area contributed by atoms with Crippen LogP contribution < -0.4 is 4.74 Å². The van der Waals surface area contributed by atoms with Gasteiger partial charge in [-0.2, -0.15) is 0 Å². The molecule has 1 fully saturated rings. The summed E-state index contributed by atoms with van der Waals surface area (Å²) in [6.07, 6.45) is 4.77. The molecule has 1 saturated heterocycles. The van der Waals surface area contributed by atoms with Gasteiger partial charge in [0, 0.05) is 5.39 Å². The van der Waals surface area contributed by atoms with Crippen molar-refractivity contribution in [1.29, 1.82) is 5.41 Å². The van der Waals surface area contributed by atoms with E-state index in [-0.39, 0.29) is 5.78 Å². The van der Waals surface area contributed by atoms with Crippen LogP contribution in [-0.2, 0) is 11.2 Å². The summed E-state index contributed by atoms with van der Waals surface area (Å²) in [4.78, 5) is 13.7. The van der Waals surface area contributed by atoms with Gasteiger partial charge in [0.1, 0.15) is 21.7 Å². The van der Waals surface area contributed by atoms with Gasteiger partial charge in [0.2, 0.25) is 0 Å². The second-order valence-electron chi connectivity index (χ2n) is 7.06. The van der Waals surface area contributed by atoms with E-state index in [1.54, 1.807) is 0 Å². The van der Waals surface area contributed by atoms with Gasteiger partial charge in [-0.3, -0.25) is 10.2 Å². The summed E-state index contributed by atoms with van der Waals surface area (Å²) < 4.78 is 5.97. The zero-order valence-corrected chi connectivity index (χ0v) is 18.6. The molecule has 0 aliphatic carbocycles. The number of rotatable bonds is 7. The van der Waals surface area contributed by atoms with Gasteiger partial charge in [0.15, 0.2) is 5.78 Å². The van der Waals surface area contributed by atoms with Crippen LogP contribution in [0.3, 0.4) is 0 Å². The molecule has 1 aromatic heterocycles. The maximum atomic E-state index is 13.1. The number of carbonyl (C=O) groups excluding carboxylic acids is 1. The van der Waals surface area contributed by atoms with E-state index < -0.39 is 5.92 Å². The molecule has 1 atom stereocenters. The Kier molecular flexibility index (Phi) is 6.29. The van der Waals surface area contributed by atoms with E-state index in [4.69, 9.17) is 10.1 Å². The highest BCUT2D eigenvalue weighted by molar-refractivity contribution is 8.19. The van der Waals surface area contributed by atoms with E-state index in [0.717, 1.165) is 46.4 Å². The van der Waals surface area contributed by atoms with Crippen molar-refractivity contribution in [1.82, 2.24) is 10.2 Å². The Morgan fingerprint density at radius 3 is 2.67 bits per heavy atom. The van der Waals surface area contributed by atoms with Crippen LogP contribution in [0.1, 0.15) is 48.2 Å². The zero-order valence-electron chi connectivity index (χ0n) is 17.0. The maximum absolute atomic E-state index is 13.1. The molecule has 2 aromatic carbocycles. The van der Waals surface area contributed by atoms with Crippen molar-refractivity contribution in [3.05, 3.63) is 56.9 Å². The maximum Gasteiger partial charge on any atom is 0.186 e. The summed E-state index contributed by atoms with van der Waals surface area (Å²) in [6, 6.07) is 12.0. The number of aryl methyl sites for hydroxylation is 1. The Hall–Kier alpha value is -2.51. The average molecular weight is 438 g/mol. The number of nitrogens with one attached hydrogen (secondary N) is 1. The van der Waals surface area contributed by atoms with Crippen LogP contribution in [0.25, 0.3) is 16.8 Å². The number of allylic oxidation sites excluding steroid dienone is 1. The van der Waals surface area contributed by atoms with Crippen molar-refractivity contribution in [2.24, 2.45) is 0 Å². The summed E-state index contributed by atoms with van der Waals surface area (Å²) in [6.45, 7) is 4.84. The standard InChI is InChI=1S/C23H23N3O2S2/c1-3-5-12-28-17-11-10-14(15-8-6-7-9-16(15)17)13-18-21(27)20(22(24)29-18)23-26-25-19(4-2)30-23/h6-11,13,20,24H,3-5,12H2,1-2H3/b18-13-,24-22?/t20-/m0/s1. The Morgan fingerprint density at radius 1 is 1.13 bits per heavy atom. The third kappa shape index (κ3) is 4.04. The zero-order chi connectivity index (χ0) is 21.1. The van der Waals surface area contributed by atoms with Gasteiger partial charge in [-0.05, 0) is 35.9 Å². The molecule has 0 spiro atoms. The molecule has 0 amide bonds. The van der Waals surface area contributed by atoms with Gasteiger partial charge in [-0.25, -0.2) is 0 Å². The molecule has 1 aliphatic rings. The molecule has 1 N–H and O–H groups in total. The van der Waals surface area contributed by atoms with Crippen LogP contribution in [0.5, 0.6) is 5.75 Å². The number of ketones is 1. The first-order valence-corrected chi connectivity index (χ1v) is 11.7. The minimum Gasteiger partial charge on any atom is -0.493 e. The molecule has 154 valence electrons. The molecule has 0 unspecified atom stereocenters. The number of thioether (sulfide) groups is 1. The number of benzene rings is 2. The molecule has 1 aliphatic heterocycles. The number of hydrogen-bond acceptors (Lipinski definition) is 7. The van der Waals surface area contributed by atoms with E-state index in [0.29, 0.717) is 21.6 Å². The Labute approximate surface area is 184 Å². The summed E-state index contributed by atoms with van der Waals surface area (Å²) in [5, 5.41) is 20.5. The van der Waals surface area contributed by atoms with E-state index >= 15 is 0 Å². The lowest BCUT2D eigenvalue weighted by Crippen LogP contribution is -2.11. The molecule has 0 saturated carbocycles. The highest BCUT2D eigenvalue weighted by Gasteiger charge is 2.39. The number of Topliss-reactive ketones (excluding diaryl/α,β-unsaturated/α-hetero) is 1. The van der Waals surface area contributed by atoms with Crippen molar-refractivity contribution < 1.29 is 9.53 Å². The third-order valence-corrected chi connectivity index (χ3v) is 7.11. The van der Waals surface area contributed by atoms with Crippen LogP contribution in [-0.4, -0.2) is 27.6 Å². The molecule has 4 rings (SSSR count). The molecule has 3 aromatic rings. The highest BCUT2D eigenvalue weighted by Crippen LogP contribution is 2.42. The van der Waals surface area contributed by atoms with Crippen LogP contribution in [0.15, 0.2) is 41.3 Å². The predicted octanol–water partition coefficient (Wildman–Crippen LogP) is 5.85. The summed E-state index contributed by atoms with van der Waals surface area (Å²) >= 11 is 2.64. The minimum absolute atomic E-state index is 0.0730. The fraction of sp³-hybridized carbons (Fsp3) is 0.304. The molecule has 30 heavy (non-hydrogen) atoms. The Balaban J connectivity index is 1.67. The van der Waals surface area contributed by atoms with Gasteiger partial charge in [-0.15, -0.1) is 21.5 Å². The third-order valence-electron chi connectivity index (χ3n) is 4.98. The van der Waals surface area contributed by atoms with Crippen LogP contribution in [0.2, 0.25) is 0 Å². The minimum atomic E-state index is -0.623. The largest absolute Gasteiger partial charge is 0.493 e. The van der Waals surface area contributed by atoms with Gasteiger partial charge < -0.3 is 4.74 Å². The average Bonchev–Trinajstić information content (AvgIpc) is 3.33. The number of hydrogen-bond donors (Lipinski definition) is 1.